The van der Waals surface area contributed by atoms with Crippen LogP contribution < -0.4 is 0 Å². The third-order valence-corrected chi connectivity index (χ3v) is 7.97. The second kappa shape index (κ2) is 8.90. The molecule has 1 fully saturated rings. The summed E-state index contributed by atoms with van der Waals surface area (Å²) in [5, 5.41) is 5.03. The Hall–Kier alpha value is -3.57. The second-order valence-corrected chi connectivity index (χ2v) is 10.5. The van der Waals surface area contributed by atoms with Crippen molar-refractivity contribution in [3.8, 4) is 11.5 Å². The van der Waals surface area contributed by atoms with Gasteiger partial charge in [-0.2, -0.15) is 9.40 Å². The number of fused-ring (bicyclic) bond motifs is 1. The average Bonchev–Trinajstić information content (AvgIpc) is 3.53. The lowest BCUT2D eigenvalue weighted by atomic mass is 10.1. The molecule has 0 N–H and O–H groups in total. The monoisotopic (exact) mass is 497 g/mol. The van der Waals surface area contributed by atoms with Gasteiger partial charge in [0.05, 0.1) is 23.4 Å². The maximum absolute atomic E-state index is 14.1. The van der Waals surface area contributed by atoms with Gasteiger partial charge in [0.1, 0.15) is 16.4 Å². The zero-order chi connectivity index (χ0) is 24.7. The number of pyridine rings is 1. The first-order valence-corrected chi connectivity index (χ1v) is 12.7. The van der Waals surface area contributed by atoms with Gasteiger partial charge in [-0.3, -0.25) is 4.79 Å². The van der Waals surface area contributed by atoms with Crippen LogP contribution in [0.3, 0.4) is 0 Å². The zero-order valence-electron chi connectivity index (χ0n) is 19.3. The van der Waals surface area contributed by atoms with Crippen molar-refractivity contribution in [2.75, 3.05) is 26.2 Å². The molecule has 0 bridgehead atoms. The van der Waals surface area contributed by atoms with E-state index in [-0.39, 0.29) is 43.0 Å². The van der Waals surface area contributed by atoms with Crippen molar-refractivity contribution in [2.45, 2.75) is 24.8 Å². The molecular weight excluding hydrogens is 473 g/mol. The molecule has 1 aromatic carbocycles. The molecule has 3 aromatic heterocycles. The number of hydrogen-bond donors (Lipinski definition) is 0. The van der Waals surface area contributed by atoms with Crippen LogP contribution in [0, 0.1) is 5.82 Å². The van der Waals surface area contributed by atoms with Gasteiger partial charge in [0.2, 0.25) is 10.0 Å². The van der Waals surface area contributed by atoms with Crippen LogP contribution in [0.2, 0.25) is 0 Å². The summed E-state index contributed by atoms with van der Waals surface area (Å²) in [7, 11) is -4.00. The molecular formula is C24H24FN5O4S. The zero-order valence-corrected chi connectivity index (χ0v) is 20.1. The van der Waals surface area contributed by atoms with Gasteiger partial charge in [0.25, 0.3) is 5.91 Å². The highest BCUT2D eigenvalue weighted by Crippen LogP contribution is 2.28. The molecule has 4 aromatic rings. The van der Waals surface area contributed by atoms with Gasteiger partial charge in [-0.25, -0.2) is 22.5 Å². The van der Waals surface area contributed by atoms with Crippen LogP contribution in [-0.2, 0) is 10.0 Å². The van der Waals surface area contributed by atoms with Crippen LogP contribution in [0.5, 0.6) is 0 Å². The average molecular weight is 498 g/mol. The minimum Gasteiger partial charge on any atom is -0.463 e. The van der Waals surface area contributed by atoms with Gasteiger partial charge in [-0.05, 0) is 44.2 Å². The fourth-order valence-electron chi connectivity index (χ4n) is 4.22. The number of benzene rings is 1. The topological polar surface area (TPSA) is 102 Å². The van der Waals surface area contributed by atoms with Crippen LogP contribution in [-0.4, -0.2) is 64.5 Å². The molecule has 0 unspecified atom stereocenters. The van der Waals surface area contributed by atoms with Gasteiger partial charge in [-0.15, -0.1) is 0 Å². The number of rotatable bonds is 5. The predicted molar refractivity (Wildman–Crippen MR) is 127 cm³/mol. The van der Waals surface area contributed by atoms with Crippen molar-refractivity contribution >= 4 is 27.0 Å². The molecule has 182 valence electrons. The molecule has 4 heterocycles. The van der Waals surface area contributed by atoms with E-state index < -0.39 is 15.8 Å². The molecule has 0 radical (unpaired) electrons. The minimum atomic E-state index is -4.00. The Morgan fingerprint density at radius 1 is 1.09 bits per heavy atom. The van der Waals surface area contributed by atoms with Crippen LogP contribution >= 0.6 is 0 Å². The van der Waals surface area contributed by atoms with E-state index in [1.165, 1.54) is 28.8 Å². The van der Waals surface area contributed by atoms with Crippen molar-refractivity contribution < 1.29 is 22.0 Å². The van der Waals surface area contributed by atoms with E-state index in [4.69, 9.17) is 4.42 Å². The van der Waals surface area contributed by atoms with Crippen LogP contribution in [0.1, 0.15) is 30.2 Å². The lowest BCUT2D eigenvalue weighted by molar-refractivity contribution is 0.0699. The molecule has 1 saturated heterocycles. The molecule has 5 rings (SSSR count). The lowest BCUT2D eigenvalue weighted by Gasteiger charge is -2.34. The molecule has 1 amide bonds. The van der Waals surface area contributed by atoms with Crippen molar-refractivity contribution in [3.05, 3.63) is 66.3 Å². The number of furan rings is 1. The molecule has 1 aliphatic rings. The standard InChI is InChI=1S/C24H24FN5O4S/c1-16(2)30-23-18(15-26-30)17(14-20(27-23)21-7-5-13-34-21)24(31)28-9-11-29(12-10-28)35(32,33)22-8-4-3-6-19(22)25/h3-8,13-16H,9-12H2,1-2H3. The Kier molecular flexibility index (Phi) is 5.89. The number of carbonyl (C=O) groups excluding carboxylic acids is 1. The van der Waals surface area contributed by atoms with Crippen molar-refractivity contribution in [1.29, 1.82) is 0 Å². The van der Waals surface area contributed by atoms with E-state index in [0.717, 1.165) is 6.07 Å². The summed E-state index contributed by atoms with van der Waals surface area (Å²) in [4.78, 5) is 19.5. The summed E-state index contributed by atoms with van der Waals surface area (Å²) in [5.41, 5.74) is 1.49. The van der Waals surface area contributed by atoms with Crippen molar-refractivity contribution in [2.24, 2.45) is 0 Å². The fraction of sp³-hybridized carbons (Fsp3) is 0.292. The van der Waals surface area contributed by atoms with Gasteiger partial charge in [-0.1, -0.05) is 12.1 Å². The Labute approximate surface area is 201 Å². The highest BCUT2D eigenvalue weighted by molar-refractivity contribution is 7.89. The normalized spacial score (nSPS) is 15.3. The third kappa shape index (κ3) is 4.10. The van der Waals surface area contributed by atoms with E-state index in [9.17, 15) is 17.6 Å². The molecule has 9 nitrogen and oxygen atoms in total. The lowest BCUT2D eigenvalue weighted by Crippen LogP contribution is -2.50. The molecule has 0 aliphatic carbocycles. The summed E-state index contributed by atoms with van der Waals surface area (Å²) >= 11 is 0. The Morgan fingerprint density at radius 3 is 2.49 bits per heavy atom. The van der Waals surface area contributed by atoms with E-state index >= 15 is 0 Å². The predicted octanol–water partition coefficient (Wildman–Crippen LogP) is 3.56. The van der Waals surface area contributed by atoms with E-state index in [1.807, 2.05) is 13.8 Å². The quantitative estimate of drug-likeness (QED) is 0.418. The number of hydrogen-bond acceptors (Lipinski definition) is 6. The summed E-state index contributed by atoms with van der Waals surface area (Å²) in [5.74, 6) is -0.521. The SMILES string of the molecule is CC(C)n1ncc2c(C(=O)N3CCN(S(=O)(=O)c4ccccc4F)CC3)cc(-c3ccco3)nc21. The molecule has 35 heavy (non-hydrogen) atoms. The summed E-state index contributed by atoms with van der Waals surface area (Å²) in [6.07, 6.45) is 3.16. The van der Waals surface area contributed by atoms with Crippen LogP contribution in [0.15, 0.2) is 64.2 Å². The summed E-state index contributed by atoms with van der Waals surface area (Å²) in [6.45, 7) is 4.42. The van der Waals surface area contributed by atoms with Crippen LogP contribution in [0.25, 0.3) is 22.5 Å². The highest BCUT2D eigenvalue weighted by atomic mass is 32.2. The highest BCUT2D eigenvalue weighted by Gasteiger charge is 2.33. The number of halogens is 1. The fourth-order valence-corrected chi connectivity index (χ4v) is 5.71. The first kappa shape index (κ1) is 23.2. The van der Waals surface area contributed by atoms with Crippen molar-refractivity contribution in [1.82, 2.24) is 24.0 Å². The van der Waals surface area contributed by atoms with E-state index in [2.05, 4.69) is 10.1 Å². The van der Waals surface area contributed by atoms with Gasteiger partial charge in [0.15, 0.2) is 11.4 Å². The third-order valence-electron chi connectivity index (χ3n) is 6.04. The second-order valence-electron chi connectivity index (χ2n) is 8.58. The van der Waals surface area contributed by atoms with Gasteiger partial charge in [0, 0.05) is 32.2 Å². The largest absolute Gasteiger partial charge is 0.463 e. The first-order valence-electron chi connectivity index (χ1n) is 11.2. The Morgan fingerprint density at radius 2 is 1.83 bits per heavy atom. The maximum Gasteiger partial charge on any atom is 0.254 e. The van der Waals surface area contributed by atoms with Crippen molar-refractivity contribution in [3.63, 3.8) is 0 Å². The first-order chi connectivity index (χ1) is 16.8. The smallest absolute Gasteiger partial charge is 0.254 e. The summed E-state index contributed by atoms with van der Waals surface area (Å²) in [6, 6.07) is 10.5. The molecule has 11 heteroatoms. The Balaban J connectivity index is 1.44. The number of piperazine rings is 1. The van der Waals surface area contributed by atoms with E-state index in [1.54, 1.807) is 34.0 Å². The molecule has 1 aliphatic heterocycles. The number of sulfonamides is 1. The summed E-state index contributed by atoms with van der Waals surface area (Å²) < 4.78 is 48.5. The van der Waals surface area contributed by atoms with Gasteiger partial charge >= 0.3 is 0 Å². The maximum atomic E-state index is 14.1. The number of amides is 1. The number of carbonyl (C=O) groups is 1. The number of nitrogens with zero attached hydrogens (tertiary/aromatic N) is 5. The molecule has 0 atom stereocenters. The van der Waals surface area contributed by atoms with Gasteiger partial charge < -0.3 is 9.32 Å². The van der Waals surface area contributed by atoms with E-state index in [0.29, 0.717) is 28.1 Å². The minimum absolute atomic E-state index is 0.0296. The molecule has 0 saturated carbocycles. The number of aromatic nitrogens is 3. The Bertz CT molecular complexity index is 1490. The molecule has 0 spiro atoms. The van der Waals surface area contributed by atoms with Crippen LogP contribution in [0.4, 0.5) is 4.39 Å².